The first kappa shape index (κ1) is 33.4. The molecular weight excluding hydrogens is 424 g/mol. The molecule has 0 spiro atoms. The molecular formula is C25H48N2O6. The van der Waals surface area contributed by atoms with Crippen molar-refractivity contribution in [1.29, 1.82) is 0 Å². The molecule has 8 heteroatoms. The van der Waals surface area contributed by atoms with E-state index in [1.54, 1.807) is 13.8 Å². The quantitative estimate of drug-likeness (QED) is 0.376. The number of Topliss-reactive ketones (excluding diaryl/α,β-unsaturated/α-hetero) is 2. The fraction of sp³-hybridized carbons (Fsp3) is 0.840. The molecule has 194 valence electrons. The standard InChI is InChI=1S/C13H25NO3.C12H23NO3/c1-6-7-13(16)14-11(4)12(5)17-10(3)8-9(2)15;1-6-7-12(15)13-8(2)10(4)16-11(5)9(3)14/h10-12H,6-8H2,1-5H3,(H,14,16);8,10-11H,6-7H2,1-5H3,(H,13,15). The molecule has 2 N–H and O–H groups in total. The van der Waals surface area contributed by atoms with Crippen LogP contribution in [0.5, 0.6) is 0 Å². The summed E-state index contributed by atoms with van der Waals surface area (Å²) < 4.78 is 11.2. The highest BCUT2D eigenvalue weighted by Gasteiger charge is 2.19. The highest BCUT2D eigenvalue weighted by atomic mass is 16.5. The molecule has 0 fully saturated rings. The summed E-state index contributed by atoms with van der Waals surface area (Å²) in [6.07, 6.45) is 2.38. The third-order valence-electron chi connectivity index (χ3n) is 5.15. The number of amides is 2. The first-order valence-corrected chi connectivity index (χ1v) is 12.1. The van der Waals surface area contributed by atoms with Crippen molar-refractivity contribution in [3.63, 3.8) is 0 Å². The van der Waals surface area contributed by atoms with E-state index in [0.717, 1.165) is 12.8 Å². The van der Waals surface area contributed by atoms with Crippen LogP contribution in [0.1, 0.15) is 101 Å². The number of carbonyl (C=O) groups excluding carboxylic acids is 4. The lowest BCUT2D eigenvalue weighted by molar-refractivity contribution is -0.132. The Morgan fingerprint density at radius 1 is 0.697 bits per heavy atom. The number of rotatable bonds is 15. The molecule has 0 radical (unpaired) electrons. The van der Waals surface area contributed by atoms with E-state index in [9.17, 15) is 19.2 Å². The van der Waals surface area contributed by atoms with Crippen LogP contribution in [0.3, 0.4) is 0 Å². The summed E-state index contributed by atoms with van der Waals surface area (Å²) in [7, 11) is 0. The van der Waals surface area contributed by atoms with Crippen molar-refractivity contribution in [2.24, 2.45) is 0 Å². The van der Waals surface area contributed by atoms with Crippen LogP contribution in [0.4, 0.5) is 0 Å². The summed E-state index contributed by atoms with van der Waals surface area (Å²) in [5, 5.41) is 5.74. The molecule has 0 aliphatic carbocycles. The van der Waals surface area contributed by atoms with Crippen LogP contribution in [0.2, 0.25) is 0 Å². The normalized spacial score (nSPS) is 16.2. The van der Waals surface area contributed by atoms with Crippen LogP contribution >= 0.6 is 0 Å². The lowest BCUT2D eigenvalue weighted by Crippen LogP contribution is -2.42. The van der Waals surface area contributed by atoms with Crippen molar-refractivity contribution in [1.82, 2.24) is 10.6 Å². The average molecular weight is 473 g/mol. The van der Waals surface area contributed by atoms with E-state index in [1.165, 1.54) is 6.92 Å². The minimum atomic E-state index is -0.416. The highest BCUT2D eigenvalue weighted by Crippen LogP contribution is 2.07. The predicted octanol–water partition coefficient (Wildman–Crippen LogP) is 3.74. The van der Waals surface area contributed by atoms with Crippen LogP contribution in [0.25, 0.3) is 0 Å². The van der Waals surface area contributed by atoms with Gasteiger partial charge in [-0.1, -0.05) is 13.8 Å². The lowest BCUT2D eigenvalue weighted by atomic mass is 10.1. The summed E-state index contributed by atoms with van der Waals surface area (Å²) in [4.78, 5) is 44.7. The molecule has 0 bridgehead atoms. The molecule has 0 saturated carbocycles. The van der Waals surface area contributed by atoms with Gasteiger partial charge in [0.1, 0.15) is 11.9 Å². The molecule has 0 aliphatic heterocycles. The van der Waals surface area contributed by atoms with E-state index in [0.29, 0.717) is 19.3 Å². The molecule has 8 nitrogen and oxygen atoms in total. The Balaban J connectivity index is 0. The maximum Gasteiger partial charge on any atom is 0.220 e. The van der Waals surface area contributed by atoms with Gasteiger partial charge < -0.3 is 20.1 Å². The Kier molecular flexibility index (Phi) is 18.8. The minimum absolute atomic E-state index is 0.000986. The number of ketones is 2. The maximum absolute atomic E-state index is 11.4. The third kappa shape index (κ3) is 18.3. The molecule has 33 heavy (non-hydrogen) atoms. The molecule has 0 heterocycles. The van der Waals surface area contributed by atoms with E-state index < -0.39 is 6.10 Å². The second-order valence-electron chi connectivity index (χ2n) is 8.86. The molecule has 6 atom stereocenters. The third-order valence-corrected chi connectivity index (χ3v) is 5.15. The molecule has 0 aliphatic rings. The van der Waals surface area contributed by atoms with Crippen molar-refractivity contribution >= 4 is 23.4 Å². The number of hydrogen-bond donors (Lipinski definition) is 2. The molecule has 0 rings (SSSR count). The van der Waals surface area contributed by atoms with Gasteiger partial charge in [0.05, 0.1) is 30.4 Å². The summed E-state index contributed by atoms with van der Waals surface area (Å²) in [6, 6.07) is -0.121. The van der Waals surface area contributed by atoms with Crippen LogP contribution in [-0.2, 0) is 28.7 Å². The van der Waals surface area contributed by atoms with Crippen molar-refractivity contribution in [3.8, 4) is 0 Å². The van der Waals surface area contributed by atoms with Gasteiger partial charge in [0.15, 0.2) is 5.78 Å². The van der Waals surface area contributed by atoms with Crippen LogP contribution in [-0.4, -0.2) is 59.9 Å². The first-order chi connectivity index (χ1) is 15.2. The Bertz CT molecular complexity index is 595. The molecule has 2 amide bonds. The van der Waals surface area contributed by atoms with Crippen LogP contribution in [0, 0.1) is 0 Å². The fourth-order valence-electron chi connectivity index (χ4n) is 2.81. The van der Waals surface area contributed by atoms with Crippen molar-refractivity contribution < 1.29 is 28.7 Å². The van der Waals surface area contributed by atoms with Gasteiger partial charge in [-0.15, -0.1) is 0 Å². The van der Waals surface area contributed by atoms with Crippen molar-refractivity contribution in [2.75, 3.05) is 0 Å². The Morgan fingerprint density at radius 3 is 1.42 bits per heavy atom. The minimum Gasteiger partial charge on any atom is -0.373 e. The van der Waals surface area contributed by atoms with E-state index >= 15 is 0 Å². The summed E-state index contributed by atoms with van der Waals surface area (Å²) >= 11 is 0. The summed E-state index contributed by atoms with van der Waals surface area (Å²) in [5.41, 5.74) is 0. The predicted molar refractivity (Wildman–Crippen MR) is 131 cm³/mol. The molecule has 0 aromatic rings. The second kappa shape index (κ2) is 18.6. The number of hydrogen-bond acceptors (Lipinski definition) is 6. The molecule has 0 aromatic heterocycles. The van der Waals surface area contributed by atoms with Gasteiger partial charge in [-0.2, -0.15) is 0 Å². The van der Waals surface area contributed by atoms with Gasteiger partial charge in [-0.05, 0) is 68.2 Å². The van der Waals surface area contributed by atoms with Gasteiger partial charge in [-0.3, -0.25) is 19.2 Å². The zero-order valence-corrected chi connectivity index (χ0v) is 22.4. The molecule has 0 saturated heterocycles. The van der Waals surface area contributed by atoms with Gasteiger partial charge >= 0.3 is 0 Å². The Hall–Kier alpha value is -1.80. The monoisotopic (exact) mass is 472 g/mol. The smallest absolute Gasteiger partial charge is 0.220 e. The Morgan fingerprint density at radius 2 is 1.09 bits per heavy atom. The second-order valence-corrected chi connectivity index (χ2v) is 8.86. The maximum atomic E-state index is 11.4. The lowest BCUT2D eigenvalue weighted by Gasteiger charge is -2.24. The van der Waals surface area contributed by atoms with Gasteiger partial charge in [-0.25, -0.2) is 0 Å². The fourth-order valence-corrected chi connectivity index (χ4v) is 2.81. The number of carbonyl (C=O) groups is 4. The van der Waals surface area contributed by atoms with Crippen LogP contribution < -0.4 is 10.6 Å². The van der Waals surface area contributed by atoms with Gasteiger partial charge in [0, 0.05) is 19.3 Å². The first-order valence-electron chi connectivity index (χ1n) is 12.1. The SMILES string of the molecule is CCCC(=O)NC(C)C(C)OC(C)C(C)=O.CCCC(=O)NC(C)C(C)OC(C)CC(C)=O. The highest BCUT2D eigenvalue weighted by molar-refractivity contribution is 5.80. The van der Waals surface area contributed by atoms with Gasteiger partial charge in [0.2, 0.25) is 11.8 Å². The van der Waals surface area contributed by atoms with E-state index in [1.807, 2.05) is 48.5 Å². The molecule has 0 aromatic carbocycles. The zero-order valence-electron chi connectivity index (χ0n) is 22.4. The zero-order chi connectivity index (χ0) is 26.1. The largest absolute Gasteiger partial charge is 0.373 e. The van der Waals surface area contributed by atoms with E-state index in [-0.39, 0.29) is 53.8 Å². The summed E-state index contributed by atoms with van der Waals surface area (Å²) in [5.74, 6) is 0.196. The van der Waals surface area contributed by atoms with Crippen molar-refractivity contribution in [3.05, 3.63) is 0 Å². The summed E-state index contributed by atoms with van der Waals surface area (Å²) in [6.45, 7) is 18.1. The number of nitrogens with one attached hydrogen (secondary N) is 2. The van der Waals surface area contributed by atoms with E-state index in [2.05, 4.69) is 10.6 Å². The van der Waals surface area contributed by atoms with Crippen LogP contribution in [0.15, 0.2) is 0 Å². The average Bonchev–Trinajstić information content (AvgIpc) is 2.67. The van der Waals surface area contributed by atoms with E-state index in [4.69, 9.17) is 9.47 Å². The van der Waals surface area contributed by atoms with Gasteiger partial charge in [0.25, 0.3) is 0 Å². The molecule has 6 unspecified atom stereocenters. The topological polar surface area (TPSA) is 111 Å². The number of ether oxygens (including phenoxy) is 2. The van der Waals surface area contributed by atoms with Crippen molar-refractivity contribution in [2.45, 2.75) is 138 Å². The Labute approximate surface area is 200 Å².